The van der Waals surface area contributed by atoms with Gasteiger partial charge in [0.05, 0.1) is 0 Å². The number of halogens is 1. The standard InChI is InChI=1S/C17H16ClNO2/c18-13-5-6-14-11(8-13)4-7-15(14)19-9-12-2-1-3-16-17(12)21-10-20-16/h1-3,5-6,8,15,19H,4,7,9-10H2. The van der Waals surface area contributed by atoms with Gasteiger partial charge < -0.3 is 14.8 Å². The number of hydrogen-bond acceptors (Lipinski definition) is 3. The fraction of sp³-hybridized carbons (Fsp3) is 0.294. The Labute approximate surface area is 128 Å². The molecule has 2 aliphatic rings. The van der Waals surface area contributed by atoms with Gasteiger partial charge in [0.15, 0.2) is 11.5 Å². The molecule has 1 aliphatic heterocycles. The molecule has 0 saturated heterocycles. The topological polar surface area (TPSA) is 30.5 Å². The second-order valence-corrected chi connectivity index (χ2v) is 5.90. The zero-order valence-corrected chi connectivity index (χ0v) is 12.3. The van der Waals surface area contributed by atoms with Crippen molar-refractivity contribution < 1.29 is 9.47 Å². The molecule has 0 amide bonds. The van der Waals surface area contributed by atoms with Gasteiger partial charge in [-0.25, -0.2) is 0 Å². The van der Waals surface area contributed by atoms with E-state index >= 15 is 0 Å². The van der Waals surface area contributed by atoms with Crippen molar-refractivity contribution >= 4 is 11.6 Å². The number of benzene rings is 2. The van der Waals surface area contributed by atoms with Crippen LogP contribution in [-0.4, -0.2) is 6.79 Å². The minimum atomic E-state index is 0.317. The Morgan fingerprint density at radius 1 is 1.19 bits per heavy atom. The summed E-state index contributed by atoms with van der Waals surface area (Å²) in [5.74, 6) is 1.72. The van der Waals surface area contributed by atoms with Gasteiger partial charge in [-0.1, -0.05) is 29.8 Å². The first kappa shape index (κ1) is 13.0. The Bertz CT molecular complexity index is 686. The Morgan fingerprint density at radius 2 is 2.14 bits per heavy atom. The fourth-order valence-corrected chi connectivity index (χ4v) is 3.36. The van der Waals surface area contributed by atoms with Crippen LogP contribution in [-0.2, 0) is 13.0 Å². The lowest BCUT2D eigenvalue weighted by atomic mass is 10.1. The molecule has 2 aromatic carbocycles. The van der Waals surface area contributed by atoms with E-state index in [1.807, 2.05) is 18.2 Å². The summed E-state index contributed by atoms with van der Waals surface area (Å²) < 4.78 is 11.0. The molecular weight excluding hydrogens is 286 g/mol. The minimum absolute atomic E-state index is 0.317. The predicted octanol–water partition coefficient (Wildman–Crippen LogP) is 3.85. The van der Waals surface area contributed by atoms with Crippen molar-refractivity contribution in [1.82, 2.24) is 5.32 Å². The van der Waals surface area contributed by atoms with E-state index in [2.05, 4.69) is 23.5 Å². The van der Waals surface area contributed by atoms with Crippen LogP contribution in [0.15, 0.2) is 36.4 Å². The average Bonchev–Trinajstić information content (AvgIpc) is 3.11. The number of para-hydroxylation sites is 1. The normalized spacial score (nSPS) is 18.8. The number of fused-ring (bicyclic) bond motifs is 2. The van der Waals surface area contributed by atoms with Gasteiger partial charge in [0.2, 0.25) is 6.79 Å². The van der Waals surface area contributed by atoms with Gasteiger partial charge in [-0.2, -0.15) is 0 Å². The quantitative estimate of drug-likeness (QED) is 0.934. The largest absolute Gasteiger partial charge is 0.454 e. The molecule has 0 fully saturated rings. The molecule has 1 N–H and O–H groups in total. The Hall–Kier alpha value is -1.71. The average molecular weight is 302 g/mol. The molecule has 0 bridgehead atoms. The van der Waals surface area contributed by atoms with Crippen LogP contribution in [0.5, 0.6) is 11.5 Å². The Balaban J connectivity index is 1.51. The van der Waals surface area contributed by atoms with Gasteiger partial charge in [-0.05, 0) is 42.2 Å². The third kappa shape index (κ3) is 2.37. The molecule has 1 heterocycles. The van der Waals surface area contributed by atoms with E-state index in [0.29, 0.717) is 12.8 Å². The van der Waals surface area contributed by atoms with Gasteiger partial charge in [-0.3, -0.25) is 0 Å². The fourth-order valence-electron chi connectivity index (χ4n) is 3.16. The maximum absolute atomic E-state index is 6.06. The first-order valence-electron chi connectivity index (χ1n) is 7.20. The summed E-state index contributed by atoms with van der Waals surface area (Å²) in [5, 5.41) is 4.44. The first-order chi connectivity index (χ1) is 10.3. The van der Waals surface area contributed by atoms with Gasteiger partial charge in [0, 0.05) is 23.2 Å². The van der Waals surface area contributed by atoms with E-state index in [1.165, 1.54) is 11.1 Å². The van der Waals surface area contributed by atoms with Crippen LogP contribution in [0.2, 0.25) is 5.02 Å². The molecule has 108 valence electrons. The lowest BCUT2D eigenvalue weighted by molar-refractivity contribution is 0.173. The SMILES string of the molecule is Clc1ccc2c(c1)CCC2NCc1cccc2c1OCO2. The molecule has 2 aromatic rings. The minimum Gasteiger partial charge on any atom is -0.454 e. The molecule has 0 aromatic heterocycles. The summed E-state index contributed by atoms with van der Waals surface area (Å²) in [5.41, 5.74) is 3.87. The smallest absolute Gasteiger partial charge is 0.231 e. The highest BCUT2D eigenvalue weighted by molar-refractivity contribution is 6.30. The Kier molecular flexibility index (Phi) is 3.24. The van der Waals surface area contributed by atoms with Crippen molar-refractivity contribution in [3.63, 3.8) is 0 Å². The number of rotatable bonds is 3. The third-order valence-corrected chi connectivity index (χ3v) is 4.43. The maximum Gasteiger partial charge on any atom is 0.231 e. The molecule has 21 heavy (non-hydrogen) atoms. The summed E-state index contributed by atoms with van der Waals surface area (Å²) in [7, 11) is 0. The lowest BCUT2D eigenvalue weighted by Gasteiger charge is -2.15. The zero-order valence-electron chi connectivity index (χ0n) is 11.6. The van der Waals surface area contributed by atoms with Crippen LogP contribution in [0.3, 0.4) is 0 Å². The van der Waals surface area contributed by atoms with Crippen molar-refractivity contribution in [2.24, 2.45) is 0 Å². The monoisotopic (exact) mass is 301 g/mol. The molecule has 0 spiro atoms. The van der Waals surface area contributed by atoms with Gasteiger partial charge >= 0.3 is 0 Å². The van der Waals surface area contributed by atoms with Crippen molar-refractivity contribution in [2.45, 2.75) is 25.4 Å². The van der Waals surface area contributed by atoms with E-state index in [1.54, 1.807) is 0 Å². The van der Waals surface area contributed by atoms with E-state index in [4.69, 9.17) is 21.1 Å². The number of nitrogens with one attached hydrogen (secondary N) is 1. The molecule has 0 saturated carbocycles. The first-order valence-corrected chi connectivity index (χ1v) is 7.58. The summed E-state index contributed by atoms with van der Waals surface area (Å²) >= 11 is 6.06. The van der Waals surface area contributed by atoms with Gasteiger partial charge in [0.25, 0.3) is 0 Å². The third-order valence-electron chi connectivity index (χ3n) is 4.20. The maximum atomic E-state index is 6.06. The highest BCUT2D eigenvalue weighted by Gasteiger charge is 2.23. The molecule has 4 heteroatoms. The molecule has 3 nitrogen and oxygen atoms in total. The van der Waals surface area contributed by atoms with Crippen molar-refractivity contribution in [1.29, 1.82) is 0 Å². The lowest BCUT2D eigenvalue weighted by Crippen LogP contribution is -2.18. The summed E-state index contributed by atoms with van der Waals surface area (Å²) in [6, 6.07) is 12.6. The molecule has 4 rings (SSSR count). The molecule has 1 atom stereocenters. The summed E-state index contributed by atoms with van der Waals surface area (Å²) in [4.78, 5) is 0. The van der Waals surface area contributed by atoms with E-state index < -0.39 is 0 Å². The van der Waals surface area contributed by atoms with Gasteiger partial charge in [-0.15, -0.1) is 0 Å². The molecule has 1 unspecified atom stereocenters. The van der Waals surface area contributed by atoms with E-state index in [0.717, 1.165) is 41.5 Å². The van der Waals surface area contributed by atoms with Crippen molar-refractivity contribution in [2.75, 3.05) is 6.79 Å². The second kappa shape index (κ2) is 5.24. The van der Waals surface area contributed by atoms with Crippen LogP contribution in [0, 0.1) is 0 Å². The van der Waals surface area contributed by atoms with E-state index in [9.17, 15) is 0 Å². The van der Waals surface area contributed by atoms with Crippen LogP contribution in [0.25, 0.3) is 0 Å². The molecule has 0 radical (unpaired) electrons. The summed E-state index contributed by atoms with van der Waals surface area (Å²) in [6.07, 6.45) is 2.20. The highest BCUT2D eigenvalue weighted by Crippen LogP contribution is 2.37. The van der Waals surface area contributed by atoms with Crippen LogP contribution in [0.4, 0.5) is 0 Å². The van der Waals surface area contributed by atoms with Crippen molar-refractivity contribution in [3.05, 3.63) is 58.1 Å². The van der Waals surface area contributed by atoms with Crippen LogP contribution in [0.1, 0.15) is 29.2 Å². The van der Waals surface area contributed by atoms with Crippen LogP contribution >= 0.6 is 11.6 Å². The highest BCUT2D eigenvalue weighted by atomic mass is 35.5. The number of aryl methyl sites for hydroxylation is 1. The summed E-state index contributed by atoms with van der Waals surface area (Å²) in [6.45, 7) is 1.09. The predicted molar refractivity (Wildman–Crippen MR) is 81.9 cm³/mol. The number of hydrogen-bond donors (Lipinski definition) is 1. The number of ether oxygens (including phenoxy) is 2. The van der Waals surface area contributed by atoms with Crippen LogP contribution < -0.4 is 14.8 Å². The molecule has 1 aliphatic carbocycles. The second-order valence-electron chi connectivity index (χ2n) is 5.47. The van der Waals surface area contributed by atoms with E-state index in [-0.39, 0.29) is 0 Å². The Morgan fingerprint density at radius 3 is 3.10 bits per heavy atom. The van der Waals surface area contributed by atoms with Gasteiger partial charge in [0.1, 0.15) is 0 Å². The molecular formula is C17H16ClNO2. The van der Waals surface area contributed by atoms with Crippen molar-refractivity contribution in [3.8, 4) is 11.5 Å². The zero-order chi connectivity index (χ0) is 14.2.